The number of nitrogens with zero attached hydrogens (tertiary/aromatic N) is 2. The molecule has 4 bridgehead atoms. The number of hydrogen-bond acceptors (Lipinski definition) is 1. The molecule has 1 aromatic heterocycles. The lowest BCUT2D eigenvalue weighted by Gasteiger charge is -2.53. The van der Waals surface area contributed by atoms with Gasteiger partial charge in [0.2, 0.25) is 0 Å². The van der Waals surface area contributed by atoms with Crippen molar-refractivity contribution in [3.63, 3.8) is 0 Å². The number of anilines is 2. The molecule has 2 nitrogen and oxygen atoms in total. The Morgan fingerprint density at radius 1 is 0.792 bits per heavy atom. The van der Waals surface area contributed by atoms with Crippen molar-refractivity contribution in [2.75, 3.05) is 11.9 Å². The third-order valence-corrected chi connectivity index (χ3v) is 6.90. The molecule has 24 heavy (non-hydrogen) atoms. The smallest absolute Gasteiger partial charge is 0.171 e. The summed E-state index contributed by atoms with van der Waals surface area (Å²) in [6.07, 6.45) is 13.5. The van der Waals surface area contributed by atoms with Gasteiger partial charge in [-0.05, 0) is 49.1 Å². The number of hydrogen-bond donors (Lipinski definition) is 0. The number of para-hydroxylation sites is 1. The normalized spacial score (nSPS) is 33.6. The number of rotatable bonds is 3. The van der Waals surface area contributed by atoms with Crippen LogP contribution in [-0.4, -0.2) is 7.05 Å². The van der Waals surface area contributed by atoms with Crippen molar-refractivity contribution in [2.24, 2.45) is 17.8 Å². The van der Waals surface area contributed by atoms with Gasteiger partial charge in [-0.15, -0.1) is 0 Å². The Morgan fingerprint density at radius 3 is 1.83 bits per heavy atom. The molecule has 2 heteroatoms. The van der Waals surface area contributed by atoms with E-state index >= 15 is 0 Å². The van der Waals surface area contributed by atoms with Gasteiger partial charge in [-0.1, -0.05) is 18.2 Å². The van der Waals surface area contributed by atoms with E-state index in [1.807, 2.05) is 0 Å². The molecule has 6 rings (SSSR count). The second-order valence-electron chi connectivity index (χ2n) is 8.50. The number of pyridine rings is 1. The zero-order valence-electron chi connectivity index (χ0n) is 14.6. The summed E-state index contributed by atoms with van der Waals surface area (Å²) in [6, 6.07) is 15.2. The van der Waals surface area contributed by atoms with Crippen molar-refractivity contribution in [1.82, 2.24) is 0 Å². The monoisotopic (exact) mass is 319 g/mol. The van der Waals surface area contributed by atoms with Crippen LogP contribution in [0.25, 0.3) is 0 Å². The molecular weight excluding hydrogens is 292 g/mol. The molecule has 4 aliphatic rings. The van der Waals surface area contributed by atoms with Crippen LogP contribution in [0.2, 0.25) is 0 Å². The first-order valence-electron chi connectivity index (χ1n) is 9.52. The fourth-order valence-electron chi connectivity index (χ4n) is 6.14. The van der Waals surface area contributed by atoms with E-state index in [9.17, 15) is 0 Å². The molecule has 0 N–H and O–H groups in total. The highest BCUT2D eigenvalue weighted by Gasteiger charge is 2.56. The average molecular weight is 319 g/mol. The van der Waals surface area contributed by atoms with Gasteiger partial charge < -0.3 is 4.90 Å². The first-order chi connectivity index (χ1) is 11.7. The van der Waals surface area contributed by atoms with Crippen LogP contribution in [0.15, 0.2) is 54.9 Å². The molecule has 0 unspecified atom stereocenters. The van der Waals surface area contributed by atoms with Crippen LogP contribution in [0.4, 0.5) is 11.4 Å². The molecular formula is C22H27N2+. The molecule has 4 saturated carbocycles. The summed E-state index contributed by atoms with van der Waals surface area (Å²) in [4.78, 5) is 2.27. The number of benzene rings is 1. The van der Waals surface area contributed by atoms with E-state index in [0.717, 1.165) is 17.8 Å². The maximum absolute atomic E-state index is 2.57. The molecule has 1 heterocycles. The highest BCUT2D eigenvalue weighted by Crippen LogP contribution is 2.56. The van der Waals surface area contributed by atoms with Gasteiger partial charge in [0.15, 0.2) is 17.9 Å². The van der Waals surface area contributed by atoms with E-state index in [-0.39, 0.29) is 0 Å². The Labute approximate surface area is 145 Å². The highest BCUT2D eigenvalue weighted by atomic mass is 15.1. The second kappa shape index (κ2) is 5.34. The van der Waals surface area contributed by atoms with Gasteiger partial charge in [-0.3, -0.25) is 0 Å². The lowest BCUT2D eigenvalue weighted by atomic mass is 9.53. The largest absolute Gasteiger partial charge is 0.344 e. The van der Waals surface area contributed by atoms with Crippen LogP contribution in [-0.2, 0) is 5.54 Å². The molecule has 2 aromatic rings. The van der Waals surface area contributed by atoms with Gasteiger partial charge in [-0.25, -0.2) is 0 Å². The van der Waals surface area contributed by atoms with Crippen LogP contribution in [0.3, 0.4) is 0 Å². The molecule has 1 aromatic carbocycles. The lowest BCUT2D eigenvalue weighted by Crippen LogP contribution is -2.64. The minimum atomic E-state index is 0.429. The van der Waals surface area contributed by atoms with Gasteiger partial charge in [0.05, 0.1) is 5.69 Å². The van der Waals surface area contributed by atoms with E-state index in [4.69, 9.17) is 0 Å². The Morgan fingerprint density at radius 2 is 1.29 bits per heavy atom. The molecule has 124 valence electrons. The predicted molar refractivity (Wildman–Crippen MR) is 97.3 cm³/mol. The molecule has 4 aliphatic carbocycles. The van der Waals surface area contributed by atoms with Crippen LogP contribution < -0.4 is 9.47 Å². The van der Waals surface area contributed by atoms with Crippen LogP contribution in [0.1, 0.15) is 38.5 Å². The van der Waals surface area contributed by atoms with Gasteiger partial charge >= 0.3 is 0 Å². The van der Waals surface area contributed by atoms with Crippen molar-refractivity contribution < 1.29 is 4.57 Å². The summed E-state index contributed by atoms with van der Waals surface area (Å²) < 4.78 is 2.57. The summed E-state index contributed by atoms with van der Waals surface area (Å²) in [5, 5.41) is 0. The van der Waals surface area contributed by atoms with Crippen molar-refractivity contribution in [1.29, 1.82) is 0 Å². The van der Waals surface area contributed by atoms with Crippen molar-refractivity contribution in [3.05, 3.63) is 54.9 Å². The summed E-state index contributed by atoms with van der Waals surface area (Å²) in [5.41, 5.74) is 2.94. The van der Waals surface area contributed by atoms with Crippen molar-refractivity contribution in [2.45, 2.75) is 44.1 Å². The van der Waals surface area contributed by atoms with Crippen LogP contribution >= 0.6 is 0 Å². The molecule has 0 spiro atoms. The molecule has 0 radical (unpaired) electrons. The fraction of sp³-hybridized carbons (Fsp3) is 0.500. The van der Waals surface area contributed by atoms with E-state index in [2.05, 4.69) is 71.4 Å². The van der Waals surface area contributed by atoms with Crippen molar-refractivity contribution in [3.8, 4) is 0 Å². The van der Waals surface area contributed by atoms with E-state index < -0.39 is 0 Å². The topological polar surface area (TPSA) is 7.12 Å². The first-order valence-corrected chi connectivity index (χ1v) is 9.52. The summed E-state index contributed by atoms with van der Waals surface area (Å²) >= 11 is 0. The quantitative estimate of drug-likeness (QED) is 0.746. The Bertz CT molecular complexity index is 684. The maximum atomic E-state index is 2.57. The zero-order chi connectivity index (χ0) is 16.1. The Kier molecular flexibility index (Phi) is 3.23. The third-order valence-electron chi connectivity index (χ3n) is 6.90. The fourth-order valence-corrected chi connectivity index (χ4v) is 6.14. The van der Waals surface area contributed by atoms with Gasteiger partial charge in [-0.2, -0.15) is 4.57 Å². The summed E-state index contributed by atoms with van der Waals surface area (Å²) in [6.45, 7) is 0. The minimum Gasteiger partial charge on any atom is -0.344 e. The molecule has 0 atom stereocenters. The lowest BCUT2D eigenvalue weighted by molar-refractivity contribution is -0.776. The highest BCUT2D eigenvalue weighted by molar-refractivity contribution is 5.61. The molecule has 0 saturated heterocycles. The SMILES string of the molecule is CN(c1ccccc1)c1cc[n+](C23CC4CC(CC(C4)C2)C3)cc1. The van der Waals surface area contributed by atoms with Gasteiger partial charge in [0.1, 0.15) is 0 Å². The average Bonchev–Trinajstić information content (AvgIpc) is 2.61. The van der Waals surface area contributed by atoms with Crippen LogP contribution in [0.5, 0.6) is 0 Å². The number of aromatic nitrogens is 1. The van der Waals surface area contributed by atoms with Crippen LogP contribution in [0, 0.1) is 17.8 Å². The molecule has 0 amide bonds. The molecule has 4 fully saturated rings. The molecule has 0 aliphatic heterocycles. The standard InChI is InChI=1S/C22H27N2/c1-23(20-5-3-2-4-6-20)21-7-9-24(10-8-21)22-14-17-11-18(15-22)13-19(12-17)16-22/h2-10,17-19H,11-16H2,1H3/q+1. The van der Waals surface area contributed by atoms with Gasteiger partial charge in [0, 0.05) is 44.1 Å². The predicted octanol–water partition coefficient (Wildman–Crippen LogP) is 4.67. The summed E-state index contributed by atoms with van der Waals surface area (Å²) in [5.74, 6) is 2.99. The second-order valence-corrected chi connectivity index (χ2v) is 8.50. The Hall–Kier alpha value is -1.83. The summed E-state index contributed by atoms with van der Waals surface area (Å²) in [7, 11) is 2.15. The minimum absolute atomic E-state index is 0.429. The Balaban J connectivity index is 1.43. The van der Waals surface area contributed by atoms with E-state index in [0.29, 0.717) is 5.54 Å². The van der Waals surface area contributed by atoms with Gasteiger partial charge in [0.25, 0.3) is 0 Å². The van der Waals surface area contributed by atoms with E-state index in [1.54, 1.807) is 0 Å². The van der Waals surface area contributed by atoms with Crippen molar-refractivity contribution >= 4 is 11.4 Å². The maximum Gasteiger partial charge on any atom is 0.171 e. The van der Waals surface area contributed by atoms with E-state index in [1.165, 1.54) is 49.9 Å². The third kappa shape index (κ3) is 2.27. The zero-order valence-corrected chi connectivity index (χ0v) is 14.6. The first kappa shape index (κ1) is 14.5.